The van der Waals surface area contributed by atoms with E-state index in [4.69, 9.17) is 17.2 Å². The van der Waals surface area contributed by atoms with Gasteiger partial charge in [-0.3, -0.25) is 0 Å². The summed E-state index contributed by atoms with van der Waals surface area (Å²) in [7, 11) is 14.1. The second-order valence-corrected chi connectivity index (χ2v) is 94.4. The fraction of sp³-hybridized carbons (Fsp3) is 0.143. The molecule has 159 valence electrons. The molecule has 0 spiro atoms. The summed E-state index contributed by atoms with van der Waals surface area (Å²) in [5.74, 6) is 4.84. The SMILES string of the molecule is [CH3][GeH]([CH3])[Hf]([Cl])([Cl])([c]1cccc2c1Cc1ccccc1-2)[c]1cccc2c1Cc1ccccc1-2. The molecule has 4 heteroatoms. The van der Waals surface area contributed by atoms with Crippen molar-refractivity contribution in [2.75, 3.05) is 0 Å². The van der Waals surface area contributed by atoms with E-state index in [0.29, 0.717) is 0 Å². The zero-order chi connectivity index (χ0) is 22.1. The molecular formula is C28H25Cl2GeHf. The number of hydrogen-bond donors (Lipinski definition) is 0. The molecule has 2 aliphatic rings. The van der Waals surface area contributed by atoms with Crippen LogP contribution in [0, 0.1) is 0 Å². The van der Waals surface area contributed by atoms with Crippen molar-refractivity contribution >= 4 is 34.4 Å². The molecule has 0 atom stereocenters. The number of halogens is 2. The zero-order valence-corrected chi connectivity index (χ0v) is 25.9. The topological polar surface area (TPSA) is 0 Å². The third-order valence-electron chi connectivity index (χ3n) is 7.70. The number of fused-ring (bicyclic) bond motifs is 6. The molecule has 0 aromatic heterocycles. The molecule has 4 aromatic rings. The summed E-state index contributed by atoms with van der Waals surface area (Å²) in [5, 5.41) is 0. The van der Waals surface area contributed by atoms with Gasteiger partial charge in [0.2, 0.25) is 0 Å². The maximum atomic E-state index is 8.10. The molecule has 0 saturated carbocycles. The Bertz CT molecular complexity index is 1310. The van der Waals surface area contributed by atoms with E-state index in [1.807, 2.05) is 0 Å². The average Bonchev–Trinajstić information content (AvgIpc) is 3.37. The first-order valence-corrected chi connectivity index (χ1v) is 40.7. The van der Waals surface area contributed by atoms with E-state index in [0.717, 1.165) is 12.8 Å². The van der Waals surface area contributed by atoms with Crippen LogP contribution in [0.4, 0.5) is 0 Å². The van der Waals surface area contributed by atoms with Crippen LogP contribution >= 0.6 is 17.2 Å². The normalized spacial score (nSPS) is 15.0. The fourth-order valence-electron chi connectivity index (χ4n) is 5.94. The van der Waals surface area contributed by atoms with Crippen molar-refractivity contribution in [1.82, 2.24) is 0 Å². The first-order chi connectivity index (χ1) is 15.4. The zero-order valence-electron chi connectivity index (χ0n) is 18.3. The minimum absolute atomic E-state index is 0.942. The van der Waals surface area contributed by atoms with Crippen molar-refractivity contribution in [3.8, 4) is 22.3 Å². The summed E-state index contributed by atoms with van der Waals surface area (Å²) in [6.07, 6.45) is 1.88. The second-order valence-electron chi connectivity index (χ2n) is 9.57. The van der Waals surface area contributed by atoms with Crippen molar-refractivity contribution in [3.05, 3.63) is 107 Å². The summed E-state index contributed by atoms with van der Waals surface area (Å²) in [4.78, 5) is 0. The second kappa shape index (κ2) is 7.44. The summed E-state index contributed by atoms with van der Waals surface area (Å²) in [6, 6.07) is 31.0. The number of hydrogen-bond acceptors (Lipinski definition) is 0. The molecule has 0 heterocycles. The molecule has 2 aliphatic carbocycles. The van der Waals surface area contributed by atoms with Gasteiger partial charge in [-0.2, -0.15) is 0 Å². The van der Waals surface area contributed by atoms with E-state index in [2.05, 4.69) is 96.4 Å². The first kappa shape index (κ1) is 21.4. The summed E-state index contributed by atoms with van der Waals surface area (Å²) in [5.41, 5.74) is 10.9. The summed E-state index contributed by atoms with van der Waals surface area (Å²) >= 11 is -4.68. The Morgan fingerprint density at radius 2 is 0.969 bits per heavy atom. The Morgan fingerprint density at radius 1 is 0.562 bits per heavy atom. The Morgan fingerprint density at radius 3 is 1.41 bits per heavy atom. The van der Waals surface area contributed by atoms with E-state index in [-0.39, 0.29) is 0 Å². The molecule has 0 bridgehead atoms. The summed E-state index contributed by atoms with van der Waals surface area (Å²) in [6.45, 7) is 0. The van der Waals surface area contributed by atoms with E-state index < -0.39 is 24.3 Å². The van der Waals surface area contributed by atoms with Crippen molar-refractivity contribution in [3.63, 3.8) is 0 Å². The van der Waals surface area contributed by atoms with Gasteiger partial charge < -0.3 is 0 Å². The van der Waals surface area contributed by atoms with Gasteiger partial charge in [0.15, 0.2) is 0 Å². The van der Waals surface area contributed by atoms with Crippen LogP contribution in [0.1, 0.15) is 22.3 Å². The standard InChI is InChI=1S/2C13H9.C2H7Ge.2ClH.Hf/c2*1-3-7-12-10(5-1)9-11-6-2-4-8-13(11)12;1-3-2;;;/h2*1-5,7-8H,9H2;3H,1-2H3;2*1H;/q;;;;;+2/p-2. The minimum atomic E-state index is -4.68. The van der Waals surface area contributed by atoms with E-state index >= 15 is 0 Å². The fourth-order valence-corrected chi connectivity index (χ4v) is 56.4. The van der Waals surface area contributed by atoms with Crippen molar-refractivity contribution in [1.29, 1.82) is 0 Å². The van der Waals surface area contributed by atoms with Gasteiger partial charge in [0.25, 0.3) is 0 Å². The molecule has 0 fully saturated rings. The van der Waals surface area contributed by atoms with Crippen LogP contribution in [0.25, 0.3) is 22.3 Å². The van der Waals surface area contributed by atoms with Crippen molar-refractivity contribution in [2.24, 2.45) is 0 Å². The van der Waals surface area contributed by atoms with Crippen LogP contribution in [0.15, 0.2) is 84.9 Å². The van der Waals surface area contributed by atoms with Gasteiger partial charge in [0, 0.05) is 0 Å². The molecule has 0 nitrogen and oxygen atoms in total. The molecule has 32 heavy (non-hydrogen) atoms. The maximum absolute atomic E-state index is 8.10. The van der Waals surface area contributed by atoms with Crippen LogP contribution in [0.2, 0.25) is 11.5 Å². The predicted molar refractivity (Wildman–Crippen MR) is 139 cm³/mol. The van der Waals surface area contributed by atoms with Gasteiger partial charge in [0.05, 0.1) is 0 Å². The summed E-state index contributed by atoms with van der Waals surface area (Å²) < 4.78 is 2.64. The molecule has 6 rings (SSSR count). The van der Waals surface area contributed by atoms with Crippen molar-refractivity contribution in [2.45, 2.75) is 24.4 Å². The Labute approximate surface area is 200 Å². The van der Waals surface area contributed by atoms with Crippen LogP contribution in [-0.4, -0.2) is 10.6 Å². The Kier molecular flexibility index (Phi) is 4.97. The third kappa shape index (κ3) is 2.84. The van der Waals surface area contributed by atoms with Crippen LogP contribution in [-0.2, 0) is 26.5 Å². The third-order valence-corrected chi connectivity index (χ3v) is 115. The molecule has 0 amide bonds. The molecule has 0 aliphatic heterocycles. The van der Waals surface area contributed by atoms with E-state index in [1.165, 1.54) is 51.1 Å². The Balaban J connectivity index is 1.63. The van der Waals surface area contributed by atoms with E-state index in [1.54, 1.807) is 0 Å². The number of benzene rings is 4. The van der Waals surface area contributed by atoms with Crippen LogP contribution in [0.5, 0.6) is 0 Å². The monoisotopic (exact) mass is 685 g/mol. The van der Waals surface area contributed by atoms with Gasteiger partial charge in [-0.1, -0.05) is 0 Å². The van der Waals surface area contributed by atoms with Gasteiger partial charge >= 0.3 is 202 Å². The van der Waals surface area contributed by atoms with Gasteiger partial charge in [-0.05, 0) is 0 Å². The molecule has 4 aromatic carbocycles. The first-order valence-electron chi connectivity index (χ1n) is 11.4. The molecule has 0 N–H and O–H groups in total. The quantitative estimate of drug-likeness (QED) is 0.181. The van der Waals surface area contributed by atoms with Crippen LogP contribution < -0.4 is 6.64 Å². The molecular weight excluding hydrogens is 658 g/mol. The molecule has 0 unspecified atom stereocenters. The van der Waals surface area contributed by atoms with Crippen LogP contribution in [0.3, 0.4) is 0 Å². The van der Waals surface area contributed by atoms with Gasteiger partial charge in [-0.15, -0.1) is 0 Å². The molecule has 0 saturated heterocycles. The Hall–Kier alpha value is -1.13. The number of rotatable bonds is 3. The predicted octanol–water partition coefficient (Wildman–Crippen LogP) is 6.76. The van der Waals surface area contributed by atoms with Gasteiger partial charge in [0.1, 0.15) is 0 Å². The van der Waals surface area contributed by atoms with Gasteiger partial charge in [-0.25, -0.2) is 0 Å². The van der Waals surface area contributed by atoms with Crippen molar-refractivity contribution < 1.29 is 13.6 Å². The van der Waals surface area contributed by atoms with E-state index in [9.17, 15) is 0 Å². The molecule has 0 radical (unpaired) electrons. The average molecular weight is 684 g/mol.